The van der Waals surface area contributed by atoms with Crippen molar-refractivity contribution < 1.29 is 19.1 Å². The lowest BCUT2D eigenvalue weighted by atomic mass is 10.2. The molecule has 0 fully saturated rings. The summed E-state index contributed by atoms with van der Waals surface area (Å²) in [5, 5.41) is 6.31. The van der Waals surface area contributed by atoms with Crippen molar-refractivity contribution in [1.82, 2.24) is 9.97 Å². The maximum atomic E-state index is 11.7. The molecule has 0 radical (unpaired) electrons. The van der Waals surface area contributed by atoms with Crippen LogP contribution in [-0.4, -0.2) is 36.1 Å². The summed E-state index contributed by atoms with van der Waals surface area (Å²) in [5.41, 5.74) is 2.23. The fraction of sp³-hybridized carbons (Fsp3) is 0.143. The molecule has 0 saturated carbocycles. The highest BCUT2D eigenvalue weighted by atomic mass is 16.5. The van der Waals surface area contributed by atoms with Crippen molar-refractivity contribution in [3.05, 3.63) is 71.5 Å². The van der Waals surface area contributed by atoms with Crippen LogP contribution >= 0.6 is 0 Å². The van der Waals surface area contributed by atoms with Crippen molar-refractivity contribution in [1.29, 1.82) is 0 Å². The van der Waals surface area contributed by atoms with Crippen molar-refractivity contribution in [2.45, 2.75) is 6.92 Å². The van der Waals surface area contributed by atoms with Gasteiger partial charge >= 0.3 is 11.9 Å². The van der Waals surface area contributed by atoms with E-state index in [9.17, 15) is 9.59 Å². The van der Waals surface area contributed by atoms with Crippen molar-refractivity contribution in [2.75, 3.05) is 24.9 Å². The Kier molecular flexibility index (Phi) is 6.03. The van der Waals surface area contributed by atoms with Crippen LogP contribution in [-0.2, 0) is 9.47 Å². The summed E-state index contributed by atoms with van der Waals surface area (Å²) in [7, 11) is 2.67. The predicted octanol–water partition coefficient (Wildman–Crippen LogP) is 3.85. The molecular formula is C21H20N4O4. The highest BCUT2D eigenvalue weighted by Crippen LogP contribution is 2.22. The number of ether oxygens (including phenoxy) is 2. The minimum atomic E-state index is -0.416. The van der Waals surface area contributed by atoms with E-state index in [2.05, 4.69) is 20.6 Å². The Bertz CT molecular complexity index is 973. The highest BCUT2D eigenvalue weighted by molar-refractivity contribution is 5.91. The van der Waals surface area contributed by atoms with Gasteiger partial charge in [-0.3, -0.25) is 0 Å². The molecule has 148 valence electrons. The number of hydrogen-bond acceptors (Lipinski definition) is 8. The number of benzene rings is 2. The third kappa shape index (κ3) is 5.07. The maximum Gasteiger partial charge on any atom is 0.337 e. The van der Waals surface area contributed by atoms with E-state index in [4.69, 9.17) is 9.47 Å². The SMILES string of the molecule is COC(=O)c1cccc(Nc2cc(Nc3cccc(C(=O)OC)c3)nc(C)n2)c1. The number of anilines is 4. The first-order valence-corrected chi connectivity index (χ1v) is 8.75. The topological polar surface area (TPSA) is 102 Å². The molecule has 0 spiro atoms. The number of nitrogens with zero attached hydrogens (tertiary/aromatic N) is 2. The molecule has 8 heteroatoms. The second-order valence-electron chi connectivity index (χ2n) is 6.08. The van der Waals surface area contributed by atoms with Crippen LogP contribution < -0.4 is 10.6 Å². The van der Waals surface area contributed by atoms with Crippen molar-refractivity contribution in [2.24, 2.45) is 0 Å². The average molecular weight is 392 g/mol. The molecule has 0 saturated heterocycles. The zero-order valence-electron chi connectivity index (χ0n) is 16.2. The number of methoxy groups -OCH3 is 2. The molecule has 0 atom stereocenters. The van der Waals surface area contributed by atoms with E-state index in [0.29, 0.717) is 40.0 Å². The van der Waals surface area contributed by atoms with Crippen LogP contribution in [0.3, 0.4) is 0 Å². The molecule has 8 nitrogen and oxygen atoms in total. The van der Waals surface area contributed by atoms with Crippen LogP contribution in [0.5, 0.6) is 0 Å². The predicted molar refractivity (Wildman–Crippen MR) is 109 cm³/mol. The Morgan fingerprint density at radius 3 is 1.62 bits per heavy atom. The van der Waals surface area contributed by atoms with E-state index < -0.39 is 11.9 Å². The average Bonchev–Trinajstić information content (AvgIpc) is 2.72. The fourth-order valence-electron chi connectivity index (χ4n) is 2.68. The summed E-state index contributed by atoms with van der Waals surface area (Å²) in [5.74, 6) is 0.809. The summed E-state index contributed by atoms with van der Waals surface area (Å²) in [6, 6.07) is 15.6. The van der Waals surface area contributed by atoms with Crippen LogP contribution in [0.25, 0.3) is 0 Å². The van der Waals surface area contributed by atoms with Crippen LogP contribution in [0.15, 0.2) is 54.6 Å². The minimum Gasteiger partial charge on any atom is -0.465 e. The summed E-state index contributed by atoms with van der Waals surface area (Å²) in [6.45, 7) is 1.77. The summed E-state index contributed by atoms with van der Waals surface area (Å²) in [4.78, 5) is 32.2. The molecule has 3 aromatic rings. The summed E-state index contributed by atoms with van der Waals surface area (Å²) < 4.78 is 9.49. The zero-order valence-corrected chi connectivity index (χ0v) is 16.2. The Labute approximate surface area is 167 Å². The summed E-state index contributed by atoms with van der Waals surface area (Å²) >= 11 is 0. The van der Waals surface area contributed by atoms with Gasteiger partial charge in [0.2, 0.25) is 0 Å². The van der Waals surface area contributed by atoms with E-state index in [-0.39, 0.29) is 0 Å². The molecule has 0 amide bonds. The molecule has 0 bridgehead atoms. The first-order chi connectivity index (χ1) is 14.0. The van der Waals surface area contributed by atoms with Gasteiger partial charge in [-0.1, -0.05) is 12.1 Å². The fourth-order valence-corrected chi connectivity index (χ4v) is 2.68. The summed E-state index contributed by atoms with van der Waals surface area (Å²) in [6.07, 6.45) is 0. The van der Waals surface area contributed by atoms with Gasteiger partial charge in [-0.05, 0) is 43.3 Å². The van der Waals surface area contributed by atoms with Gasteiger partial charge in [-0.15, -0.1) is 0 Å². The van der Waals surface area contributed by atoms with E-state index in [1.165, 1.54) is 14.2 Å². The Morgan fingerprint density at radius 1 is 0.759 bits per heavy atom. The zero-order chi connectivity index (χ0) is 20.8. The van der Waals surface area contributed by atoms with Crippen molar-refractivity contribution >= 4 is 34.9 Å². The third-order valence-electron chi connectivity index (χ3n) is 3.95. The normalized spacial score (nSPS) is 10.2. The van der Waals surface area contributed by atoms with Crippen LogP contribution in [0, 0.1) is 6.92 Å². The van der Waals surface area contributed by atoms with Crippen LogP contribution in [0.4, 0.5) is 23.0 Å². The maximum absolute atomic E-state index is 11.7. The largest absolute Gasteiger partial charge is 0.465 e. The third-order valence-corrected chi connectivity index (χ3v) is 3.95. The van der Waals surface area contributed by atoms with Gasteiger partial charge in [-0.2, -0.15) is 0 Å². The van der Waals surface area contributed by atoms with E-state index in [1.54, 1.807) is 49.4 Å². The van der Waals surface area contributed by atoms with Gasteiger partial charge in [0, 0.05) is 17.4 Å². The number of aromatic nitrogens is 2. The van der Waals surface area contributed by atoms with Gasteiger partial charge in [0.05, 0.1) is 25.3 Å². The van der Waals surface area contributed by atoms with Gasteiger partial charge < -0.3 is 20.1 Å². The number of nitrogens with one attached hydrogen (secondary N) is 2. The number of carbonyl (C=O) groups is 2. The van der Waals surface area contributed by atoms with E-state index in [1.807, 2.05) is 12.1 Å². The lowest BCUT2D eigenvalue weighted by molar-refractivity contribution is 0.0592. The number of esters is 2. The molecule has 1 aromatic heterocycles. The number of aryl methyl sites for hydroxylation is 1. The monoisotopic (exact) mass is 392 g/mol. The van der Waals surface area contributed by atoms with Crippen LogP contribution in [0.2, 0.25) is 0 Å². The van der Waals surface area contributed by atoms with E-state index in [0.717, 1.165) is 0 Å². The first kappa shape index (κ1) is 19.8. The van der Waals surface area contributed by atoms with Crippen molar-refractivity contribution in [3.8, 4) is 0 Å². The molecule has 2 aromatic carbocycles. The molecule has 29 heavy (non-hydrogen) atoms. The molecule has 0 aliphatic heterocycles. The highest BCUT2D eigenvalue weighted by Gasteiger charge is 2.09. The second kappa shape index (κ2) is 8.83. The first-order valence-electron chi connectivity index (χ1n) is 8.75. The molecule has 1 heterocycles. The minimum absolute atomic E-state index is 0.416. The Balaban J connectivity index is 1.82. The molecule has 2 N–H and O–H groups in total. The lowest BCUT2D eigenvalue weighted by Crippen LogP contribution is -2.04. The molecular weight excluding hydrogens is 372 g/mol. The second-order valence-corrected chi connectivity index (χ2v) is 6.08. The van der Waals surface area contributed by atoms with E-state index >= 15 is 0 Å². The van der Waals surface area contributed by atoms with Crippen LogP contribution in [0.1, 0.15) is 26.5 Å². The Morgan fingerprint density at radius 2 is 1.21 bits per heavy atom. The number of rotatable bonds is 6. The molecule has 0 unspecified atom stereocenters. The molecule has 0 aliphatic carbocycles. The number of carbonyl (C=O) groups excluding carboxylic acids is 2. The standard InChI is InChI=1S/C21H20N4O4/c1-13-22-18(24-16-8-4-6-14(10-16)20(26)28-2)12-19(23-13)25-17-9-5-7-15(11-17)21(27)29-3/h4-12H,1-3H3,(H2,22,23,24,25). The smallest absolute Gasteiger partial charge is 0.337 e. The van der Waals surface area contributed by atoms with Gasteiger partial charge in [0.25, 0.3) is 0 Å². The molecule has 3 rings (SSSR count). The number of hydrogen-bond donors (Lipinski definition) is 2. The quantitative estimate of drug-likeness (QED) is 0.610. The van der Waals surface area contributed by atoms with Gasteiger partial charge in [0.1, 0.15) is 17.5 Å². The van der Waals surface area contributed by atoms with Crippen molar-refractivity contribution in [3.63, 3.8) is 0 Å². The Hall–Kier alpha value is -3.94. The molecule has 0 aliphatic rings. The lowest BCUT2D eigenvalue weighted by Gasteiger charge is -2.11. The van der Waals surface area contributed by atoms with Gasteiger partial charge in [0.15, 0.2) is 0 Å². The van der Waals surface area contributed by atoms with Gasteiger partial charge in [-0.25, -0.2) is 19.6 Å².